The van der Waals surface area contributed by atoms with Crippen molar-refractivity contribution in [2.75, 3.05) is 10.2 Å². The minimum Gasteiger partial charge on any atom is -0.326 e. The molecule has 0 spiro atoms. The van der Waals surface area contributed by atoms with E-state index >= 15 is 0 Å². The number of amides is 4. The number of urea groups is 1. The van der Waals surface area contributed by atoms with Gasteiger partial charge in [0.25, 0.3) is 5.91 Å². The summed E-state index contributed by atoms with van der Waals surface area (Å²) in [6, 6.07) is 17.7. The van der Waals surface area contributed by atoms with E-state index in [-0.39, 0.29) is 18.7 Å². The zero-order chi connectivity index (χ0) is 22.7. The van der Waals surface area contributed by atoms with Gasteiger partial charge >= 0.3 is 6.03 Å². The van der Waals surface area contributed by atoms with Crippen molar-refractivity contribution in [3.05, 3.63) is 96.1 Å². The Morgan fingerprint density at radius 3 is 2.28 bits per heavy atom. The Bertz CT molecular complexity index is 1150. The molecule has 1 aliphatic heterocycles. The number of rotatable bonds is 6. The Morgan fingerprint density at radius 1 is 0.875 bits per heavy atom. The molecular weight excluding hydrogens is 416 g/mol. The molecule has 1 aliphatic rings. The van der Waals surface area contributed by atoms with Crippen LogP contribution < -0.4 is 10.2 Å². The lowest BCUT2D eigenvalue weighted by Gasteiger charge is -2.21. The summed E-state index contributed by atoms with van der Waals surface area (Å²) in [5.74, 6) is -2.02. The van der Waals surface area contributed by atoms with Gasteiger partial charge in [0.05, 0.1) is 12.1 Å². The average Bonchev–Trinajstić information content (AvgIpc) is 2.99. The molecule has 1 heterocycles. The van der Waals surface area contributed by atoms with Gasteiger partial charge in [-0.15, -0.1) is 0 Å². The zero-order valence-corrected chi connectivity index (χ0v) is 16.9. The summed E-state index contributed by atoms with van der Waals surface area (Å²) in [4.78, 5) is 41.3. The highest BCUT2D eigenvalue weighted by Crippen LogP contribution is 2.28. The normalized spacial score (nSPS) is 15.9. The predicted octanol–water partition coefficient (Wildman–Crippen LogP) is 4.33. The van der Waals surface area contributed by atoms with Gasteiger partial charge in [0.1, 0.15) is 17.7 Å². The molecule has 32 heavy (non-hydrogen) atoms. The van der Waals surface area contributed by atoms with E-state index in [9.17, 15) is 23.2 Å². The summed E-state index contributed by atoms with van der Waals surface area (Å²) >= 11 is 0. The molecular formula is C24H19F2N3O3. The standard InChI is InChI=1S/C24H19F2N3O3/c25-17-11-9-16(10-12-17)15-28-21(14-22(30)27-19-6-4-5-18(26)13-19)23(31)29(24(28)32)20-7-2-1-3-8-20/h1-13,21H,14-15H2,(H,27,30)/t21-/m0/s1. The number of halogens is 2. The van der Waals surface area contributed by atoms with Crippen LogP contribution in [0.25, 0.3) is 0 Å². The topological polar surface area (TPSA) is 69.7 Å². The summed E-state index contributed by atoms with van der Waals surface area (Å²) in [5.41, 5.74) is 1.24. The molecule has 4 rings (SSSR count). The van der Waals surface area contributed by atoms with Crippen molar-refractivity contribution in [2.24, 2.45) is 0 Å². The lowest BCUT2D eigenvalue weighted by Crippen LogP contribution is -2.37. The highest BCUT2D eigenvalue weighted by atomic mass is 19.1. The van der Waals surface area contributed by atoms with Gasteiger partial charge in [0.15, 0.2) is 0 Å². The predicted molar refractivity (Wildman–Crippen MR) is 115 cm³/mol. The van der Waals surface area contributed by atoms with Crippen molar-refractivity contribution in [3.63, 3.8) is 0 Å². The van der Waals surface area contributed by atoms with Crippen LogP contribution in [0.4, 0.5) is 25.0 Å². The van der Waals surface area contributed by atoms with Gasteiger partial charge in [-0.05, 0) is 48.0 Å². The second-order valence-electron chi connectivity index (χ2n) is 7.32. The number of carbonyl (C=O) groups is 3. The van der Waals surface area contributed by atoms with Crippen LogP contribution in [0.1, 0.15) is 12.0 Å². The van der Waals surface area contributed by atoms with E-state index in [0.29, 0.717) is 11.3 Å². The van der Waals surface area contributed by atoms with Crippen LogP contribution in [0.3, 0.4) is 0 Å². The van der Waals surface area contributed by atoms with Crippen molar-refractivity contribution in [1.29, 1.82) is 0 Å². The maximum absolute atomic E-state index is 13.4. The van der Waals surface area contributed by atoms with Crippen LogP contribution in [-0.4, -0.2) is 28.8 Å². The third-order valence-electron chi connectivity index (χ3n) is 5.09. The van der Waals surface area contributed by atoms with Crippen molar-refractivity contribution < 1.29 is 23.2 Å². The maximum atomic E-state index is 13.4. The molecule has 1 atom stereocenters. The fraction of sp³-hybridized carbons (Fsp3) is 0.125. The number of anilines is 2. The zero-order valence-electron chi connectivity index (χ0n) is 16.9. The fourth-order valence-corrected chi connectivity index (χ4v) is 3.57. The Balaban J connectivity index is 1.59. The molecule has 1 N–H and O–H groups in total. The Hall–Kier alpha value is -4.07. The van der Waals surface area contributed by atoms with Crippen LogP contribution in [0.15, 0.2) is 78.9 Å². The molecule has 0 radical (unpaired) electrons. The van der Waals surface area contributed by atoms with Crippen molar-refractivity contribution >= 4 is 29.2 Å². The quantitative estimate of drug-likeness (QED) is 0.586. The molecule has 0 unspecified atom stereocenters. The smallest absolute Gasteiger partial charge is 0.326 e. The van der Waals surface area contributed by atoms with Crippen molar-refractivity contribution in [2.45, 2.75) is 19.0 Å². The number of hydrogen-bond acceptors (Lipinski definition) is 3. The van der Waals surface area contributed by atoms with Crippen LogP contribution in [0.2, 0.25) is 0 Å². The summed E-state index contributed by atoms with van der Waals surface area (Å²) in [6.45, 7) is 0.0199. The van der Waals surface area contributed by atoms with E-state index < -0.39 is 35.5 Å². The second kappa shape index (κ2) is 8.97. The van der Waals surface area contributed by atoms with Gasteiger partial charge in [0, 0.05) is 12.2 Å². The number of hydrogen-bond donors (Lipinski definition) is 1. The minimum atomic E-state index is -1.07. The first-order chi connectivity index (χ1) is 15.4. The van der Waals surface area contributed by atoms with E-state index in [0.717, 1.165) is 11.0 Å². The summed E-state index contributed by atoms with van der Waals surface area (Å²) in [6.07, 6.45) is -0.314. The molecule has 4 amide bonds. The van der Waals surface area contributed by atoms with Gasteiger partial charge < -0.3 is 10.2 Å². The first-order valence-electron chi connectivity index (χ1n) is 9.92. The Kier molecular flexibility index (Phi) is 5.93. The number of benzene rings is 3. The number of para-hydroxylation sites is 1. The molecule has 0 aliphatic carbocycles. The Labute approximate surface area is 183 Å². The van der Waals surface area contributed by atoms with Crippen LogP contribution >= 0.6 is 0 Å². The molecule has 0 saturated carbocycles. The van der Waals surface area contributed by atoms with Gasteiger partial charge in [-0.2, -0.15) is 0 Å². The van der Waals surface area contributed by atoms with Crippen molar-refractivity contribution in [3.8, 4) is 0 Å². The van der Waals surface area contributed by atoms with E-state index in [1.807, 2.05) is 0 Å². The highest BCUT2D eigenvalue weighted by Gasteiger charge is 2.46. The largest absolute Gasteiger partial charge is 0.332 e. The molecule has 1 fully saturated rings. The first kappa shape index (κ1) is 21.2. The summed E-state index contributed by atoms with van der Waals surface area (Å²) < 4.78 is 26.7. The third-order valence-corrected chi connectivity index (χ3v) is 5.09. The molecule has 0 aromatic heterocycles. The summed E-state index contributed by atoms with van der Waals surface area (Å²) in [7, 11) is 0. The van der Waals surface area contributed by atoms with Gasteiger partial charge in [0.2, 0.25) is 5.91 Å². The monoisotopic (exact) mass is 435 g/mol. The molecule has 3 aromatic carbocycles. The van der Waals surface area contributed by atoms with Crippen LogP contribution in [-0.2, 0) is 16.1 Å². The first-order valence-corrected chi connectivity index (χ1v) is 9.92. The van der Waals surface area contributed by atoms with Crippen molar-refractivity contribution in [1.82, 2.24) is 4.90 Å². The second-order valence-corrected chi connectivity index (χ2v) is 7.32. The molecule has 3 aromatic rings. The van der Waals surface area contributed by atoms with Gasteiger partial charge in [-0.25, -0.2) is 18.5 Å². The molecule has 162 valence electrons. The molecule has 6 nitrogen and oxygen atoms in total. The van der Waals surface area contributed by atoms with Gasteiger partial charge in [-0.1, -0.05) is 36.4 Å². The van der Waals surface area contributed by atoms with E-state index in [1.165, 1.54) is 47.4 Å². The van der Waals surface area contributed by atoms with Crippen LogP contribution in [0.5, 0.6) is 0 Å². The third kappa shape index (κ3) is 4.49. The fourth-order valence-electron chi connectivity index (χ4n) is 3.57. The lowest BCUT2D eigenvalue weighted by atomic mass is 10.1. The number of nitrogens with one attached hydrogen (secondary N) is 1. The number of carbonyl (C=O) groups excluding carboxylic acids is 3. The molecule has 1 saturated heterocycles. The Morgan fingerprint density at radius 2 is 1.59 bits per heavy atom. The van der Waals surface area contributed by atoms with Crippen LogP contribution in [0, 0.1) is 11.6 Å². The van der Waals surface area contributed by atoms with E-state index in [4.69, 9.17) is 0 Å². The average molecular weight is 435 g/mol. The highest BCUT2D eigenvalue weighted by molar-refractivity contribution is 6.22. The maximum Gasteiger partial charge on any atom is 0.332 e. The number of nitrogens with zero attached hydrogens (tertiary/aromatic N) is 2. The summed E-state index contributed by atoms with van der Waals surface area (Å²) in [5, 5.41) is 2.55. The minimum absolute atomic E-state index is 0.0199. The van der Waals surface area contributed by atoms with E-state index in [2.05, 4.69) is 5.32 Å². The SMILES string of the molecule is O=C(C[C@H]1C(=O)N(c2ccccc2)C(=O)N1Cc1ccc(F)cc1)Nc1cccc(F)c1. The molecule has 0 bridgehead atoms. The van der Waals surface area contributed by atoms with Gasteiger partial charge in [-0.3, -0.25) is 9.59 Å². The van der Waals surface area contributed by atoms with E-state index in [1.54, 1.807) is 30.3 Å². The number of imide groups is 1. The lowest BCUT2D eigenvalue weighted by molar-refractivity contribution is -0.124. The molecule has 8 heteroatoms.